The minimum Gasteiger partial charge on any atom is -0.497 e. The molecule has 0 aliphatic heterocycles. The van der Waals surface area contributed by atoms with Crippen LogP contribution in [0.4, 0.5) is 11.5 Å². The van der Waals surface area contributed by atoms with Gasteiger partial charge in [-0.05, 0) is 42.5 Å². The van der Waals surface area contributed by atoms with Crippen molar-refractivity contribution in [3.63, 3.8) is 0 Å². The lowest BCUT2D eigenvalue weighted by Gasteiger charge is -2.09. The summed E-state index contributed by atoms with van der Waals surface area (Å²) in [7, 11) is -2.38. The largest absolute Gasteiger partial charge is 0.497 e. The van der Waals surface area contributed by atoms with Gasteiger partial charge in [-0.1, -0.05) is 18.2 Å². The summed E-state index contributed by atoms with van der Waals surface area (Å²) < 4.78 is 32.3. The number of nitrogens with one attached hydrogen (secondary N) is 2. The summed E-state index contributed by atoms with van der Waals surface area (Å²) in [5.74, 6) is -0.185. The van der Waals surface area contributed by atoms with Crippen LogP contribution in [0, 0.1) is 0 Å². The second kappa shape index (κ2) is 7.83. The van der Waals surface area contributed by atoms with Gasteiger partial charge in [0, 0.05) is 11.9 Å². The molecule has 0 saturated carbocycles. The lowest BCUT2D eigenvalue weighted by Crippen LogP contribution is -2.18. The summed E-state index contributed by atoms with van der Waals surface area (Å²) in [5.41, 5.74) is 0.579. The normalized spacial score (nSPS) is 10.9. The van der Waals surface area contributed by atoms with Gasteiger partial charge in [0.1, 0.15) is 11.6 Å². The minimum absolute atomic E-state index is 0.0148. The van der Waals surface area contributed by atoms with Gasteiger partial charge in [0.2, 0.25) is 5.82 Å². The highest BCUT2D eigenvalue weighted by atomic mass is 32.2. The third-order valence-electron chi connectivity index (χ3n) is 3.50. The number of ether oxygens (including phenoxy) is 1. The summed E-state index contributed by atoms with van der Waals surface area (Å²) in [4.78, 5) is 20.1. The number of methoxy groups -OCH3 is 1. The summed E-state index contributed by atoms with van der Waals surface area (Å²) in [6.07, 6.45) is 1.30. The quantitative estimate of drug-likeness (QED) is 0.676. The number of carbonyl (C=O) groups is 1. The van der Waals surface area contributed by atoms with Crippen LogP contribution in [-0.4, -0.2) is 31.4 Å². The highest BCUT2D eigenvalue weighted by Gasteiger charge is 2.17. The van der Waals surface area contributed by atoms with Gasteiger partial charge in [-0.25, -0.2) is 18.4 Å². The first-order chi connectivity index (χ1) is 13.0. The molecule has 0 aliphatic carbocycles. The number of anilines is 2. The van der Waals surface area contributed by atoms with E-state index in [1.807, 2.05) is 6.07 Å². The number of nitrogens with zero attached hydrogens (tertiary/aromatic N) is 2. The molecule has 2 aromatic carbocycles. The predicted molar refractivity (Wildman–Crippen MR) is 100 cm³/mol. The Balaban J connectivity index is 1.77. The van der Waals surface area contributed by atoms with E-state index in [2.05, 4.69) is 20.0 Å². The molecule has 1 aromatic heterocycles. The third-order valence-corrected chi connectivity index (χ3v) is 4.87. The van der Waals surface area contributed by atoms with Crippen molar-refractivity contribution in [1.82, 2.24) is 9.97 Å². The zero-order valence-corrected chi connectivity index (χ0v) is 15.1. The Morgan fingerprint density at radius 1 is 1.00 bits per heavy atom. The number of para-hydroxylation sites is 1. The van der Waals surface area contributed by atoms with Crippen molar-refractivity contribution >= 4 is 27.4 Å². The van der Waals surface area contributed by atoms with Crippen LogP contribution in [0.15, 0.2) is 71.8 Å². The minimum atomic E-state index is -3.87. The lowest BCUT2D eigenvalue weighted by atomic mass is 10.3. The Labute approximate surface area is 156 Å². The van der Waals surface area contributed by atoms with Crippen molar-refractivity contribution in [2.75, 3.05) is 17.1 Å². The van der Waals surface area contributed by atoms with E-state index in [9.17, 15) is 13.2 Å². The van der Waals surface area contributed by atoms with Gasteiger partial charge in [0.25, 0.3) is 15.9 Å². The Kier molecular flexibility index (Phi) is 5.32. The molecule has 1 amide bonds. The molecule has 0 atom stereocenters. The molecule has 1 heterocycles. The molecular formula is C18H16N4O4S. The van der Waals surface area contributed by atoms with Crippen molar-refractivity contribution in [1.29, 1.82) is 0 Å². The Bertz CT molecular complexity index is 1040. The summed E-state index contributed by atoms with van der Waals surface area (Å²) in [6, 6.07) is 16.0. The molecule has 0 fully saturated rings. The van der Waals surface area contributed by atoms with Crippen LogP contribution in [0.3, 0.4) is 0 Å². The average molecular weight is 384 g/mol. The molecule has 0 radical (unpaired) electrons. The summed E-state index contributed by atoms with van der Waals surface area (Å²) in [5, 5.41) is 2.64. The SMILES string of the molecule is COc1ccc(S(=O)(=O)Nc2ccnc(C(=O)Nc3ccccc3)n2)cc1. The van der Waals surface area contributed by atoms with Crippen LogP contribution in [-0.2, 0) is 10.0 Å². The predicted octanol–water partition coefficient (Wildman–Crippen LogP) is 2.54. The third kappa shape index (κ3) is 4.59. The van der Waals surface area contributed by atoms with Crippen molar-refractivity contribution in [3.05, 3.63) is 72.7 Å². The smallest absolute Gasteiger partial charge is 0.293 e. The van der Waals surface area contributed by atoms with E-state index in [1.165, 1.54) is 43.6 Å². The molecule has 27 heavy (non-hydrogen) atoms. The van der Waals surface area contributed by atoms with Gasteiger partial charge in [-0.2, -0.15) is 0 Å². The summed E-state index contributed by atoms with van der Waals surface area (Å²) in [6.45, 7) is 0. The topological polar surface area (TPSA) is 110 Å². The number of sulfonamides is 1. The number of hydrogen-bond donors (Lipinski definition) is 2. The van der Waals surface area contributed by atoms with Gasteiger partial charge in [-0.3, -0.25) is 9.52 Å². The maximum absolute atomic E-state index is 12.5. The van der Waals surface area contributed by atoms with Gasteiger partial charge < -0.3 is 10.1 Å². The molecule has 0 bridgehead atoms. The van der Waals surface area contributed by atoms with Crippen molar-refractivity contribution in [3.8, 4) is 5.75 Å². The van der Waals surface area contributed by atoms with Crippen LogP contribution in [0.1, 0.15) is 10.6 Å². The average Bonchev–Trinajstić information content (AvgIpc) is 2.68. The molecular weight excluding hydrogens is 368 g/mol. The standard InChI is InChI=1S/C18H16N4O4S/c1-26-14-7-9-15(10-8-14)27(24,25)22-16-11-12-19-17(21-16)18(23)20-13-5-3-2-4-6-13/h2-12H,1H3,(H,20,23)(H,19,21,22). The van der Waals surface area contributed by atoms with E-state index in [-0.39, 0.29) is 16.5 Å². The molecule has 0 unspecified atom stereocenters. The maximum atomic E-state index is 12.5. The number of aromatic nitrogens is 2. The van der Waals surface area contributed by atoms with E-state index in [0.717, 1.165) is 0 Å². The summed E-state index contributed by atoms with van der Waals surface area (Å²) >= 11 is 0. The number of hydrogen-bond acceptors (Lipinski definition) is 6. The fraction of sp³-hybridized carbons (Fsp3) is 0.0556. The van der Waals surface area contributed by atoms with E-state index >= 15 is 0 Å². The monoisotopic (exact) mass is 384 g/mol. The number of carbonyl (C=O) groups excluding carboxylic acids is 1. The molecule has 0 spiro atoms. The molecule has 8 nitrogen and oxygen atoms in total. The highest BCUT2D eigenvalue weighted by molar-refractivity contribution is 7.92. The van der Waals surface area contributed by atoms with Gasteiger partial charge >= 0.3 is 0 Å². The molecule has 3 aromatic rings. The molecule has 2 N–H and O–H groups in total. The van der Waals surface area contributed by atoms with Gasteiger partial charge in [0.15, 0.2) is 0 Å². The zero-order chi connectivity index (χ0) is 19.3. The van der Waals surface area contributed by atoms with Crippen LogP contribution in [0.25, 0.3) is 0 Å². The van der Waals surface area contributed by atoms with Crippen molar-refractivity contribution in [2.45, 2.75) is 4.90 Å². The van der Waals surface area contributed by atoms with E-state index < -0.39 is 15.9 Å². The Morgan fingerprint density at radius 2 is 1.70 bits per heavy atom. The number of benzene rings is 2. The molecule has 9 heteroatoms. The number of amides is 1. The molecule has 138 valence electrons. The van der Waals surface area contributed by atoms with E-state index in [4.69, 9.17) is 4.74 Å². The first-order valence-corrected chi connectivity index (χ1v) is 9.32. The Hall–Kier alpha value is -3.46. The first-order valence-electron chi connectivity index (χ1n) is 7.84. The molecule has 0 saturated heterocycles. The van der Waals surface area contributed by atoms with Crippen LogP contribution >= 0.6 is 0 Å². The second-order valence-electron chi connectivity index (χ2n) is 5.37. The zero-order valence-electron chi connectivity index (χ0n) is 14.3. The first kappa shape index (κ1) is 18.3. The van der Waals surface area contributed by atoms with E-state index in [0.29, 0.717) is 11.4 Å². The van der Waals surface area contributed by atoms with Crippen molar-refractivity contribution < 1.29 is 17.9 Å². The highest BCUT2D eigenvalue weighted by Crippen LogP contribution is 2.18. The van der Waals surface area contributed by atoms with Gasteiger partial charge in [-0.15, -0.1) is 0 Å². The van der Waals surface area contributed by atoms with Crippen molar-refractivity contribution in [2.24, 2.45) is 0 Å². The lowest BCUT2D eigenvalue weighted by molar-refractivity contribution is 0.101. The fourth-order valence-electron chi connectivity index (χ4n) is 2.18. The fourth-order valence-corrected chi connectivity index (χ4v) is 3.19. The van der Waals surface area contributed by atoms with Gasteiger partial charge in [0.05, 0.1) is 12.0 Å². The number of rotatable bonds is 6. The van der Waals surface area contributed by atoms with Crippen LogP contribution in [0.5, 0.6) is 5.75 Å². The second-order valence-corrected chi connectivity index (χ2v) is 7.05. The van der Waals surface area contributed by atoms with Crippen LogP contribution in [0.2, 0.25) is 0 Å². The Morgan fingerprint density at radius 3 is 2.37 bits per heavy atom. The van der Waals surface area contributed by atoms with E-state index in [1.54, 1.807) is 24.3 Å². The van der Waals surface area contributed by atoms with Crippen LogP contribution < -0.4 is 14.8 Å². The maximum Gasteiger partial charge on any atom is 0.293 e. The molecule has 0 aliphatic rings. The molecule has 3 rings (SSSR count).